The number of aromatic carboxylic acids is 1. The molecule has 0 unspecified atom stereocenters. The topological polar surface area (TPSA) is 96.6 Å². The van der Waals surface area contributed by atoms with E-state index in [1.807, 2.05) is 35.9 Å². The summed E-state index contributed by atoms with van der Waals surface area (Å²) in [5.41, 5.74) is 4.82. The van der Waals surface area contributed by atoms with E-state index < -0.39 is 5.97 Å². The molecule has 3 rings (SSSR count). The van der Waals surface area contributed by atoms with Crippen LogP contribution in [0.15, 0.2) is 58.8 Å². The van der Waals surface area contributed by atoms with Crippen LogP contribution in [0.5, 0.6) is 0 Å². The maximum Gasteiger partial charge on any atom is 0.336 e. The number of carbonyl (C=O) groups excluding carboxylic acids is 1. The Kier molecular flexibility index (Phi) is 5.33. The van der Waals surface area contributed by atoms with Gasteiger partial charge in [-0.15, -0.1) is 0 Å². The summed E-state index contributed by atoms with van der Waals surface area (Å²) in [5.74, 6) is -1.20. The molecule has 0 fully saturated rings. The Hall–Kier alpha value is -3.13. The van der Waals surface area contributed by atoms with Gasteiger partial charge in [0, 0.05) is 12.6 Å². The molecule has 0 bridgehead atoms. The average molecular weight is 368 g/mol. The number of imidazole rings is 1. The highest BCUT2D eigenvalue weighted by molar-refractivity contribution is 7.99. The van der Waals surface area contributed by atoms with Crippen molar-refractivity contribution in [3.8, 4) is 0 Å². The van der Waals surface area contributed by atoms with Gasteiger partial charge in [0.1, 0.15) is 0 Å². The van der Waals surface area contributed by atoms with Gasteiger partial charge < -0.3 is 9.67 Å². The molecule has 1 aromatic heterocycles. The van der Waals surface area contributed by atoms with E-state index in [1.165, 1.54) is 24.0 Å². The van der Waals surface area contributed by atoms with Gasteiger partial charge in [-0.05, 0) is 18.2 Å². The third-order valence-corrected chi connectivity index (χ3v) is 4.69. The van der Waals surface area contributed by atoms with Gasteiger partial charge in [0.2, 0.25) is 0 Å². The number of para-hydroxylation sites is 2. The van der Waals surface area contributed by atoms with Crippen molar-refractivity contribution in [1.82, 2.24) is 15.0 Å². The Morgan fingerprint density at radius 1 is 1.23 bits per heavy atom. The van der Waals surface area contributed by atoms with Crippen LogP contribution >= 0.6 is 11.8 Å². The number of aryl methyl sites for hydroxylation is 1. The molecule has 0 spiro atoms. The van der Waals surface area contributed by atoms with Gasteiger partial charge >= 0.3 is 5.97 Å². The standard InChI is InChI=1S/C18H16N4O3S/c1-22-15-9-5-4-8-14(15)20-18(22)26-11-16(23)21-19-10-12-6-2-3-7-13(12)17(24)25/h2-10H,11H2,1H3,(H,21,23)(H,24,25)/b19-10+. The van der Waals surface area contributed by atoms with Crippen LogP contribution in [-0.4, -0.2) is 38.5 Å². The first-order valence-electron chi connectivity index (χ1n) is 7.75. The Morgan fingerprint density at radius 2 is 1.96 bits per heavy atom. The lowest BCUT2D eigenvalue weighted by Crippen LogP contribution is -2.20. The SMILES string of the molecule is Cn1c(SCC(=O)N/N=C/c2ccccc2C(=O)O)nc2ccccc21. The fourth-order valence-corrected chi connectivity index (χ4v) is 3.17. The minimum Gasteiger partial charge on any atom is -0.478 e. The molecule has 0 saturated heterocycles. The molecular weight excluding hydrogens is 352 g/mol. The average Bonchev–Trinajstić information content (AvgIpc) is 2.96. The molecule has 26 heavy (non-hydrogen) atoms. The molecule has 7 nitrogen and oxygen atoms in total. The summed E-state index contributed by atoms with van der Waals surface area (Å²) in [7, 11) is 1.90. The monoisotopic (exact) mass is 368 g/mol. The molecule has 1 amide bonds. The second-order valence-corrected chi connectivity index (χ2v) is 6.36. The van der Waals surface area contributed by atoms with Crippen molar-refractivity contribution in [2.24, 2.45) is 12.1 Å². The second kappa shape index (κ2) is 7.83. The van der Waals surface area contributed by atoms with Crippen molar-refractivity contribution in [3.63, 3.8) is 0 Å². The summed E-state index contributed by atoms with van der Waals surface area (Å²) in [6, 6.07) is 14.2. The number of hydrazone groups is 1. The number of hydrogen-bond donors (Lipinski definition) is 2. The zero-order valence-corrected chi connectivity index (χ0v) is 14.7. The highest BCUT2D eigenvalue weighted by atomic mass is 32.2. The number of nitrogens with zero attached hydrogens (tertiary/aromatic N) is 3. The number of carboxylic acids is 1. The highest BCUT2D eigenvalue weighted by Crippen LogP contribution is 2.22. The van der Waals surface area contributed by atoms with Crippen LogP contribution in [0.2, 0.25) is 0 Å². The van der Waals surface area contributed by atoms with Gasteiger partial charge in [0.25, 0.3) is 5.91 Å². The lowest BCUT2D eigenvalue weighted by Gasteiger charge is -2.02. The number of carbonyl (C=O) groups is 2. The van der Waals surface area contributed by atoms with E-state index >= 15 is 0 Å². The third kappa shape index (κ3) is 3.92. The molecule has 0 aliphatic rings. The molecule has 0 aliphatic carbocycles. The molecule has 2 N–H and O–H groups in total. The van der Waals surface area contributed by atoms with E-state index in [9.17, 15) is 9.59 Å². The van der Waals surface area contributed by atoms with Crippen molar-refractivity contribution >= 4 is 40.9 Å². The van der Waals surface area contributed by atoms with Crippen LogP contribution in [0.25, 0.3) is 11.0 Å². The van der Waals surface area contributed by atoms with Crippen molar-refractivity contribution in [3.05, 3.63) is 59.7 Å². The summed E-state index contributed by atoms with van der Waals surface area (Å²) >= 11 is 1.31. The summed E-state index contributed by atoms with van der Waals surface area (Å²) < 4.78 is 1.93. The summed E-state index contributed by atoms with van der Waals surface area (Å²) in [6.45, 7) is 0. The number of benzene rings is 2. The number of carboxylic acid groups (broad SMARTS) is 1. The molecule has 0 atom stereocenters. The van der Waals surface area contributed by atoms with Gasteiger partial charge in [0.15, 0.2) is 5.16 Å². The minimum atomic E-state index is -1.05. The Morgan fingerprint density at radius 3 is 2.73 bits per heavy atom. The van der Waals surface area contributed by atoms with Crippen LogP contribution in [0, 0.1) is 0 Å². The quantitative estimate of drug-likeness (QED) is 0.396. The van der Waals surface area contributed by atoms with Gasteiger partial charge in [-0.25, -0.2) is 15.2 Å². The number of hydrogen-bond acceptors (Lipinski definition) is 5. The third-order valence-electron chi connectivity index (χ3n) is 3.66. The molecule has 0 aliphatic heterocycles. The number of amides is 1. The Balaban J connectivity index is 1.59. The molecule has 1 heterocycles. The normalized spacial score (nSPS) is 11.1. The molecule has 2 aromatic carbocycles. The lowest BCUT2D eigenvalue weighted by atomic mass is 10.1. The molecule has 3 aromatic rings. The zero-order valence-electron chi connectivity index (χ0n) is 13.9. The van der Waals surface area contributed by atoms with Gasteiger partial charge in [0.05, 0.1) is 28.6 Å². The fraction of sp³-hybridized carbons (Fsp3) is 0.111. The zero-order chi connectivity index (χ0) is 18.5. The number of rotatable bonds is 6. The number of fused-ring (bicyclic) bond motifs is 1. The van der Waals surface area contributed by atoms with Crippen LogP contribution in [0.1, 0.15) is 15.9 Å². The number of nitrogens with one attached hydrogen (secondary N) is 1. The lowest BCUT2D eigenvalue weighted by molar-refractivity contribution is -0.118. The van der Waals surface area contributed by atoms with Gasteiger partial charge in [-0.3, -0.25) is 4.79 Å². The van der Waals surface area contributed by atoms with Crippen molar-refractivity contribution in [2.75, 3.05) is 5.75 Å². The smallest absolute Gasteiger partial charge is 0.336 e. The van der Waals surface area contributed by atoms with E-state index in [0.29, 0.717) is 5.56 Å². The predicted molar refractivity (Wildman–Crippen MR) is 101 cm³/mol. The molecule has 0 saturated carbocycles. The van der Waals surface area contributed by atoms with Crippen molar-refractivity contribution < 1.29 is 14.7 Å². The molecule has 8 heteroatoms. The first kappa shape index (κ1) is 17.7. The number of aromatic nitrogens is 2. The van der Waals surface area contributed by atoms with Crippen LogP contribution < -0.4 is 5.43 Å². The van der Waals surface area contributed by atoms with E-state index in [1.54, 1.807) is 18.2 Å². The van der Waals surface area contributed by atoms with Crippen LogP contribution in [0.3, 0.4) is 0 Å². The first-order chi connectivity index (χ1) is 12.6. The van der Waals surface area contributed by atoms with Crippen molar-refractivity contribution in [2.45, 2.75) is 5.16 Å². The van der Waals surface area contributed by atoms with Crippen LogP contribution in [0.4, 0.5) is 0 Å². The minimum absolute atomic E-state index is 0.125. The van der Waals surface area contributed by atoms with E-state index in [2.05, 4.69) is 15.5 Å². The van der Waals surface area contributed by atoms with Gasteiger partial charge in [-0.1, -0.05) is 42.1 Å². The first-order valence-corrected chi connectivity index (χ1v) is 8.73. The predicted octanol–water partition coefficient (Wildman–Crippen LogP) is 2.51. The maximum atomic E-state index is 12.0. The fourth-order valence-electron chi connectivity index (χ4n) is 2.39. The van der Waals surface area contributed by atoms with E-state index in [4.69, 9.17) is 5.11 Å². The summed E-state index contributed by atoms with van der Waals surface area (Å²) in [4.78, 5) is 27.6. The molecule has 132 valence electrons. The summed E-state index contributed by atoms with van der Waals surface area (Å²) in [5, 5.41) is 13.7. The van der Waals surface area contributed by atoms with E-state index in [-0.39, 0.29) is 17.2 Å². The highest BCUT2D eigenvalue weighted by Gasteiger charge is 2.10. The van der Waals surface area contributed by atoms with Crippen LogP contribution in [-0.2, 0) is 11.8 Å². The number of thioether (sulfide) groups is 1. The molecule has 0 radical (unpaired) electrons. The van der Waals surface area contributed by atoms with Gasteiger partial charge in [-0.2, -0.15) is 5.10 Å². The summed E-state index contributed by atoms with van der Waals surface area (Å²) in [6.07, 6.45) is 1.32. The van der Waals surface area contributed by atoms with Crippen molar-refractivity contribution in [1.29, 1.82) is 0 Å². The molecular formula is C18H16N4O3S. The Labute approximate surface area is 153 Å². The second-order valence-electron chi connectivity index (χ2n) is 5.42. The van der Waals surface area contributed by atoms with E-state index in [0.717, 1.165) is 16.2 Å². The Bertz CT molecular complexity index is 997. The maximum absolute atomic E-state index is 12.0. The largest absolute Gasteiger partial charge is 0.478 e.